The summed E-state index contributed by atoms with van der Waals surface area (Å²) in [5, 5.41) is 14.3. The first kappa shape index (κ1) is 19.4. The summed E-state index contributed by atoms with van der Waals surface area (Å²) in [7, 11) is 0. The molecule has 0 radical (unpaired) electrons. The van der Waals surface area contributed by atoms with Crippen molar-refractivity contribution in [2.24, 2.45) is 0 Å². The number of carbonyl (C=O) groups is 2. The van der Waals surface area contributed by atoms with Gasteiger partial charge in [-0.2, -0.15) is 0 Å². The first-order chi connectivity index (χ1) is 11.8. The molecule has 0 fully saturated rings. The lowest BCUT2D eigenvalue weighted by atomic mass is 9.96. The standard InChI is InChI=1S/C19H19Cl2NO3/c1-19(25,14-4-8-16(21)9-5-14)12-22-18(24)11-10-17(23)13-2-6-15(20)7-3-13/h2-9,25H,10-12H2,1H3,(H,22,24). The van der Waals surface area contributed by atoms with Gasteiger partial charge in [-0.1, -0.05) is 35.3 Å². The average molecular weight is 380 g/mol. The van der Waals surface area contributed by atoms with E-state index in [0.717, 1.165) is 0 Å². The molecule has 2 aromatic carbocycles. The summed E-state index contributed by atoms with van der Waals surface area (Å²) >= 11 is 11.6. The van der Waals surface area contributed by atoms with E-state index < -0.39 is 5.60 Å². The first-order valence-corrected chi connectivity index (χ1v) is 8.57. The topological polar surface area (TPSA) is 66.4 Å². The maximum absolute atomic E-state index is 12.0. The van der Waals surface area contributed by atoms with Gasteiger partial charge in [0.05, 0.1) is 6.54 Å². The Balaban J connectivity index is 1.82. The normalized spacial score (nSPS) is 13.1. The van der Waals surface area contributed by atoms with Crippen LogP contribution in [0.1, 0.15) is 35.7 Å². The molecule has 132 valence electrons. The van der Waals surface area contributed by atoms with Crippen molar-refractivity contribution in [1.82, 2.24) is 5.32 Å². The molecular formula is C19H19Cl2NO3. The predicted octanol–water partition coefficient (Wildman–Crippen LogP) is 3.98. The second-order valence-corrected chi connectivity index (χ2v) is 6.86. The van der Waals surface area contributed by atoms with E-state index in [1.54, 1.807) is 55.5 Å². The van der Waals surface area contributed by atoms with Gasteiger partial charge in [-0.25, -0.2) is 0 Å². The molecule has 2 aromatic rings. The minimum Gasteiger partial charge on any atom is -0.384 e. The monoisotopic (exact) mass is 379 g/mol. The van der Waals surface area contributed by atoms with Gasteiger partial charge < -0.3 is 10.4 Å². The maximum Gasteiger partial charge on any atom is 0.220 e. The van der Waals surface area contributed by atoms with Gasteiger partial charge in [-0.3, -0.25) is 9.59 Å². The molecule has 0 aliphatic rings. The number of carbonyl (C=O) groups excluding carboxylic acids is 2. The third kappa shape index (κ3) is 5.85. The lowest BCUT2D eigenvalue weighted by molar-refractivity contribution is -0.122. The van der Waals surface area contributed by atoms with Crippen LogP contribution in [-0.2, 0) is 10.4 Å². The van der Waals surface area contributed by atoms with E-state index in [2.05, 4.69) is 5.32 Å². The molecule has 1 unspecified atom stereocenters. The van der Waals surface area contributed by atoms with Crippen LogP contribution in [0.5, 0.6) is 0 Å². The van der Waals surface area contributed by atoms with Gasteiger partial charge in [0.2, 0.25) is 5.91 Å². The van der Waals surface area contributed by atoms with Crippen LogP contribution in [0, 0.1) is 0 Å². The number of hydrogen-bond donors (Lipinski definition) is 2. The van der Waals surface area contributed by atoms with Crippen molar-refractivity contribution < 1.29 is 14.7 Å². The van der Waals surface area contributed by atoms with Crippen LogP contribution in [0.2, 0.25) is 10.0 Å². The highest BCUT2D eigenvalue weighted by Gasteiger charge is 2.23. The Hall–Kier alpha value is -1.88. The Labute approximate surface area is 156 Å². The van der Waals surface area contributed by atoms with E-state index in [1.807, 2.05) is 0 Å². The minimum atomic E-state index is -1.22. The van der Waals surface area contributed by atoms with Crippen LogP contribution < -0.4 is 5.32 Å². The largest absolute Gasteiger partial charge is 0.384 e. The number of halogens is 2. The van der Waals surface area contributed by atoms with Crippen LogP contribution in [0.25, 0.3) is 0 Å². The highest BCUT2D eigenvalue weighted by Crippen LogP contribution is 2.21. The third-order valence-electron chi connectivity index (χ3n) is 3.84. The average Bonchev–Trinajstić information content (AvgIpc) is 2.59. The maximum atomic E-state index is 12.0. The van der Waals surface area contributed by atoms with E-state index in [4.69, 9.17) is 23.2 Å². The van der Waals surface area contributed by atoms with Gasteiger partial charge in [-0.05, 0) is 48.9 Å². The summed E-state index contributed by atoms with van der Waals surface area (Å²) in [6.07, 6.45) is 0.148. The summed E-state index contributed by atoms with van der Waals surface area (Å²) in [5.74, 6) is -0.423. The highest BCUT2D eigenvalue weighted by molar-refractivity contribution is 6.30. The number of ketones is 1. The minimum absolute atomic E-state index is 0.0442. The van der Waals surface area contributed by atoms with Crippen molar-refractivity contribution in [2.45, 2.75) is 25.4 Å². The molecule has 0 aliphatic carbocycles. The number of rotatable bonds is 7. The second kappa shape index (κ2) is 8.48. The molecule has 0 aromatic heterocycles. The van der Waals surface area contributed by atoms with Gasteiger partial charge in [-0.15, -0.1) is 0 Å². The van der Waals surface area contributed by atoms with E-state index in [1.165, 1.54) is 0 Å². The summed E-state index contributed by atoms with van der Waals surface area (Å²) < 4.78 is 0. The van der Waals surface area contributed by atoms with Crippen molar-refractivity contribution in [3.8, 4) is 0 Å². The summed E-state index contributed by atoms with van der Waals surface area (Å²) in [6.45, 7) is 1.65. The zero-order valence-corrected chi connectivity index (χ0v) is 15.3. The van der Waals surface area contributed by atoms with Gasteiger partial charge in [0.1, 0.15) is 5.60 Å². The Bertz CT molecular complexity index is 740. The van der Waals surface area contributed by atoms with Gasteiger partial charge in [0, 0.05) is 28.5 Å². The molecule has 1 amide bonds. The first-order valence-electron chi connectivity index (χ1n) is 7.82. The zero-order valence-electron chi connectivity index (χ0n) is 13.8. The van der Waals surface area contributed by atoms with Crippen LogP contribution in [0.4, 0.5) is 0 Å². The smallest absolute Gasteiger partial charge is 0.220 e. The molecule has 0 saturated heterocycles. The van der Waals surface area contributed by atoms with E-state index in [0.29, 0.717) is 21.2 Å². The molecule has 1 atom stereocenters. The van der Waals surface area contributed by atoms with Crippen LogP contribution in [0.3, 0.4) is 0 Å². The zero-order chi connectivity index (χ0) is 18.4. The van der Waals surface area contributed by atoms with E-state index >= 15 is 0 Å². The Kier molecular flexibility index (Phi) is 6.59. The Morgan fingerprint density at radius 2 is 1.48 bits per heavy atom. The molecule has 0 spiro atoms. The lowest BCUT2D eigenvalue weighted by Crippen LogP contribution is -2.38. The summed E-state index contributed by atoms with van der Waals surface area (Å²) in [6, 6.07) is 13.3. The number of hydrogen-bond acceptors (Lipinski definition) is 3. The molecule has 0 bridgehead atoms. The fourth-order valence-corrected chi connectivity index (χ4v) is 2.53. The lowest BCUT2D eigenvalue weighted by Gasteiger charge is -2.24. The number of Topliss-reactive ketones (excluding diaryl/α,β-unsaturated/α-hetero) is 1. The third-order valence-corrected chi connectivity index (χ3v) is 4.35. The molecular weight excluding hydrogens is 361 g/mol. The number of benzene rings is 2. The fourth-order valence-electron chi connectivity index (χ4n) is 2.28. The summed E-state index contributed by atoms with van der Waals surface area (Å²) in [4.78, 5) is 24.0. The number of amides is 1. The molecule has 4 nitrogen and oxygen atoms in total. The Morgan fingerprint density at radius 1 is 0.960 bits per heavy atom. The number of nitrogens with one attached hydrogen (secondary N) is 1. The molecule has 2 rings (SSSR count). The van der Waals surface area contributed by atoms with Gasteiger partial charge >= 0.3 is 0 Å². The predicted molar refractivity (Wildman–Crippen MR) is 99.0 cm³/mol. The van der Waals surface area contributed by atoms with E-state index in [9.17, 15) is 14.7 Å². The molecule has 0 heterocycles. The number of aliphatic hydroxyl groups is 1. The van der Waals surface area contributed by atoms with Crippen LogP contribution >= 0.6 is 23.2 Å². The van der Waals surface area contributed by atoms with Crippen molar-refractivity contribution in [3.63, 3.8) is 0 Å². The summed E-state index contributed by atoms with van der Waals surface area (Å²) in [5.41, 5.74) is -0.0553. The molecule has 0 saturated carbocycles. The van der Waals surface area contributed by atoms with Crippen molar-refractivity contribution >= 4 is 34.9 Å². The fraction of sp³-hybridized carbons (Fsp3) is 0.263. The van der Waals surface area contributed by atoms with Crippen LogP contribution in [0.15, 0.2) is 48.5 Å². The Morgan fingerprint density at radius 3 is 2.04 bits per heavy atom. The van der Waals surface area contributed by atoms with Gasteiger partial charge in [0.15, 0.2) is 5.78 Å². The van der Waals surface area contributed by atoms with E-state index in [-0.39, 0.29) is 31.1 Å². The molecule has 6 heteroatoms. The van der Waals surface area contributed by atoms with Crippen LogP contribution in [-0.4, -0.2) is 23.3 Å². The molecule has 0 aliphatic heterocycles. The SMILES string of the molecule is CC(O)(CNC(=O)CCC(=O)c1ccc(Cl)cc1)c1ccc(Cl)cc1. The van der Waals surface area contributed by atoms with Crippen molar-refractivity contribution in [2.75, 3.05) is 6.54 Å². The van der Waals surface area contributed by atoms with Crippen molar-refractivity contribution in [3.05, 3.63) is 69.7 Å². The second-order valence-electron chi connectivity index (χ2n) is 5.99. The van der Waals surface area contributed by atoms with Gasteiger partial charge in [0.25, 0.3) is 0 Å². The molecule has 2 N–H and O–H groups in total. The highest BCUT2D eigenvalue weighted by atomic mass is 35.5. The quantitative estimate of drug-likeness (QED) is 0.714. The molecule has 25 heavy (non-hydrogen) atoms. The van der Waals surface area contributed by atoms with Crippen molar-refractivity contribution in [1.29, 1.82) is 0 Å².